The molecule has 1 atom stereocenters. The van der Waals surface area contributed by atoms with Gasteiger partial charge in [0.25, 0.3) is 0 Å². The zero-order valence-electron chi connectivity index (χ0n) is 10.7. The van der Waals surface area contributed by atoms with Crippen LogP contribution in [0, 0.1) is 5.41 Å². The molecule has 0 radical (unpaired) electrons. The number of hydrogen-bond acceptors (Lipinski definition) is 2. The summed E-state index contributed by atoms with van der Waals surface area (Å²) >= 11 is 0. The normalized spacial score (nSPS) is 21.9. The molecular weight excluding hydrogens is 224 g/mol. The van der Waals surface area contributed by atoms with Crippen LogP contribution in [0.1, 0.15) is 46.5 Å². The molecule has 0 aromatic rings. The topological polar surface area (TPSA) is 46.3 Å². The van der Waals surface area contributed by atoms with Gasteiger partial charge in [-0.2, -0.15) is 0 Å². The van der Waals surface area contributed by atoms with Crippen molar-refractivity contribution in [2.45, 2.75) is 52.5 Å². The highest BCUT2D eigenvalue weighted by atomic mass is 35.5. The maximum Gasteiger partial charge on any atom is 0.239 e. The third-order valence-corrected chi connectivity index (χ3v) is 3.41. The molecule has 4 heteroatoms. The zero-order chi connectivity index (χ0) is 11.5. The molecule has 0 bridgehead atoms. The van der Waals surface area contributed by atoms with Crippen molar-refractivity contribution in [2.75, 3.05) is 13.1 Å². The fourth-order valence-corrected chi connectivity index (χ4v) is 2.05. The van der Waals surface area contributed by atoms with E-state index >= 15 is 0 Å². The van der Waals surface area contributed by atoms with E-state index < -0.39 is 0 Å². The molecule has 1 aliphatic heterocycles. The van der Waals surface area contributed by atoms with Gasteiger partial charge in [-0.1, -0.05) is 20.8 Å². The second kappa shape index (κ2) is 6.45. The maximum atomic E-state index is 11.9. The summed E-state index contributed by atoms with van der Waals surface area (Å²) in [4.78, 5) is 13.8. The summed E-state index contributed by atoms with van der Waals surface area (Å²) in [7, 11) is 0. The van der Waals surface area contributed by atoms with Crippen LogP contribution in [0.4, 0.5) is 0 Å². The molecule has 0 unspecified atom stereocenters. The van der Waals surface area contributed by atoms with Crippen LogP contribution in [0.25, 0.3) is 0 Å². The first-order valence-electron chi connectivity index (χ1n) is 6.00. The molecule has 0 spiro atoms. The number of carbonyl (C=O) groups excluding carboxylic acids is 1. The van der Waals surface area contributed by atoms with Crippen molar-refractivity contribution in [2.24, 2.45) is 11.1 Å². The summed E-state index contributed by atoms with van der Waals surface area (Å²) in [6.45, 7) is 8.28. The lowest BCUT2D eigenvalue weighted by Gasteiger charge is -2.25. The highest BCUT2D eigenvalue weighted by Gasteiger charge is 2.26. The van der Waals surface area contributed by atoms with Gasteiger partial charge < -0.3 is 10.6 Å². The van der Waals surface area contributed by atoms with Crippen molar-refractivity contribution < 1.29 is 4.79 Å². The number of halogens is 1. The summed E-state index contributed by atoms with van der Waals surface area (Å²) in [6.07, 6.45) is 4.14. The molecular formula is C12H25ClN2O. The molecule has 16 heavy (non-hydrogen) atoms. The van der Waals surface area contributed by atoms with E-state index in [2.05, 4.69) is 13.8 Å². The lowest BCUT2D eigenvalue weighted by Crippen LogP contribution is -2.44. The van der Waals surface area contributed by atoms with Gasteiger partial charge in [0.05, 0.1) is 6.04 Å². The second-order valence-electron chi connectivity index (χ2n) is 5.36. The predicted octanol–water partition coefficient (Wildman–Crippen LogP) is 2.18. The highest BCUT2D eigenvalue weighted by molar-refractivity contribution is 5.85. The largest absolute Gasteiger partial charge is 0.341 e. The Morgan fingerprint density at radius 1 is 1.38 bits per heavy atom. The number of likely N-dealkylation sites (tertiary alicyclic amines) is 1. The molecule has 1 saturated heterocycles. The van der Waals surface area contributed by atoms with Gasteiger partial charge in [0.1, 0.15) is 0 Å². The van der Waals surface area contributed by atoms with E-state index in [0.29, 0.717) is 5.41 Å². The zero-order valence-corrected chi connectivity index (χ0v) is 11.5. The van der Waals surface area contributed by atoms with E-state index in [1.165, 1.54) is 6.42 Å². The number of rotatable bonds is 2. The third-order valence-electron chi connectivity index (χ3n) is 3.41. The lowest BCUT2D eigenvalue weighted by molar-refractivity contribution is -0.132. The molecule has 96 valence electrons. The minimum atomic E-state index is -0.300. The van der Waals surface area contributed by atoms with Crippen molar-refractivity contribution in [3.05, 3.63) is 0 Å². The van der Waals surface area contributed by atoms with Gasteiger partial charge in [0, 0.05) is 13.1 Å². The van der Waals surface area contributed by atoms with E-state index in [-0.39, 0.29) is 24.4 Å². The number of hydrogen-bond donors (Lipinski definition) is 1. The average Bonchev–Trinajstić information content (AvgIpc) is 2.37. The smallest absolute Gasteiger partial charge is 0.239 e. The molecule has 0 aliphatic carbocycles. The van der Waals surface area contributed by atoms with Crippen LogP contribution < -0.4 is 5.73 Å². The maximum absolute atomic E-state index is 11.9. The summed E-state index contributed by atoms with van der Waals surface area (Å²) in [5.74, 6) is 0.134. The van der Waals surface area contributed by atoms with E-state index in [0.717, 1.165) is 32.4 Å². The van der Waals surface area contributed by atoms with Crippen LogP contribution in [0.5, 0.6) is 0 Å². The molecule has 1 heterocycles. The first kappa shape index (κ1) is 15.7. The van der Waals surface area contributed by atoms with Crippen molar-refractivity contribution in [3.63, 3.8) is 0 Å². The van der Waals surface area contributed by atoms with Crippen molar-refractivity contribution in [1.82, 2.24) is 4.90 Å². The second-order valence-corrected chi connectivity index (χ2v) is 5.36. The summed E-state index contributed by atoms with van der Waals surface area (Å²) in [6, 6.07) is -0.300. The van der Waals surface area contributed by atoms with Gasteiger partial charge in [-0.25, -0.2) is 0 Å². The van der Waals surface area contributed by atoms with Crippen LogP contribution in [-0.4, -0.2) is 29.9 Å². The molecule has 1 amide bonds. The number of amides is 1. The van der Waals surface area contributed by atoms with Crippen molar-refractivity contribution in [1.29, 1.82) is 0 Å². The Labute approximate surface area is 105 Å². The minimum Gasteiger partial charge on any atom is -0.341 e. The SMILES string of the molecule is CC[C@H](N)C(=O)N1CCCC(C)(C)CC1.Cl. The van der Waals surface area contributed by atoms with Crippen LogP contribution in [-0.2, 0) is 4.79 Å². The van der Waals surface area contributed by atoms with Crippen LogP contribution in [0.15, 0.2) is 0 Å². The Morgan fingerprint density at radius 2 is 2.00 bits per heavy atom. The number of nitrogens with two attached hydrogens (primary N) is 1. The van der Waals surface area contributed by atoms with Crippen molar-refractivity contribution in [3.8, 4) is 0 Å². The standard InChI is InChI=1S/C12H24N2O.ClH/c1-4-10(13)11(15)14-8-5-6-12(2,3)7-9-14;/h10H,4-9,13H2,1-3H3;1H/t10-;/m0./s1. The molecule has 2 N–H and O–H groups in total. The fraction of sp³-hybridized carbons (Fsp3) is 0.917. The Balaban J connectivity index is 0.00000225. The van der Waals surface area contributed by atoms with Crippen LogP contribution in [0.3, 0.4) is 0 Å². The van der Waals surface area contributed by atoms with Crippen LogP contribution >= 0.6 is 12.4 Å². The molecule has 0 saturated carbocycles. The first-order valence-corrected chi connectivity index (χ1v) is 6.00. The monoisotopic (exact) mass is 248 g/mol. The highest BCUT2D eigenvalue weighted by Crippen LogP contribution is 2.29. The minimum absolute atomic E-state index is 0. The van der Waals surface area contributed by atoms with E-state index in [4.69, 9.17) is 5.73 Å². The predicted molar refractivity (Wildman–Crippen MR) is 69.7 cm³/mol. The third kappa shape index (κ3) is 4.30. The molecule has 0 aromatic carbocycles. The Hall–Kier alpha value is -0.280. The van der Waals surface area contributed by atoms with Crippen molar-refractivity contribution >= 4 is 18.3 Å². The van der Waals surface area contributed by atoms with Gasteiger partial charge in [-0.05, 0) is 31.1 Å². The van der Waals surface area contributed by atoms with Gasteiger partial charge >= 0.3 is 0 Å². The van der Waals surface area contributed by atoms with Crippen LogP contribution in [0.2, 0.25) is 0 Å². The van der Waals surface area contributed by atoms with Gasteiger partial charge in [-0.3, -0.25) is 4.79 Å². The number of nitrogens with zero attached hydrogens (tertiary/aromatic N) is 1. The summed E-state index contributed by atoms with van der Waals surface area (Å²) in [5.41, 5.74) is 6.16. The molecule has 1 aliphatic rings. The average molecular weight is 249 g/mol. The first-order chi connectivity index (χ1) is 6.96. The van der Waals surface area contributed by atoms with E-state index in [9.17, 15) is 4.79 Å². The molecule has 1 fully saturated rings. The molecule has 1 rings (SSSR count). The van der Waals surface area contributed by atoms with E-state index in [1.54, 1.807) is 0 Å². The Morgan fingerprint density at radius 3 is 2.56 bits per heavy atom. The van der Waals surface area contributed by atoms with E-state index in [1.807, 2.05) is 11.8 Å². The Kier molecular flexibility index (Phi) is 6.34. The molecule has 0 aromatic heterocycles. The Bertz CT molecular complexity index is 231. The summed E-state index contributed by atoms with van der Waals surface area (Å²) < 4.78 is 0. The molecule has 3 nitrogen and oxygen atoms in total. The van der Waals surface area contributed by atoms with Gasteiger partial charge in [-0.15, -0.1) is 12.4 Å². The number of carbonyl (C=O) groups is 1. The lowest BCUT2D eigenvalue weighted by atomic mass is 9.85. The quantitative estimate of drug-likeness (QED) is 0.814. The van der Waals surface area contributed by atoms with Gasteiger partial charge in [0.2, 0.25) is 5.91 Å². The van der Waals surface area contributed by atoms with Gasteiger partial charge in [0.15, 0.2) is 0 Å². The summed E-state index contributed by atoms with van der Waals surface area (Å²) in [5, 5.41) is 0. The fourth-order valence-electron chi connectivity index (χ4n) is 2.05.